The lowest BCUT2D eigenvalue weighted by molar-refractivity contribution is -0.384. The van der Waals surface area contributed by atoms with E-state index in [2.05, 4.69) is 5.43 Å². The third-order valence-corrected chi connectivity index (χ3v) is 3.66. The standard InChI is InChI=1S/C11H16N4O5S/c1-14(5-6-21(2,19)20)11(16)8-3-4-10(15(17)18)9(7-8)13-12/h3-4,7,13H,5-6,12H2,1-2H3. The molecule has 0 aliphatic carbocycles. The predicted octanol–water partition coefficient (Wildman–Crippen LogP) is -0.00300. The summed E-state index contributed by atoms with van der Waals surface area (Å²) in [5.74, 6) is 4.57. The van der Waals surface area contributed by atoms with E-state index in [0.29, 0.717) is 0 Å². The van der Waals surface area contributed by atoms with Crippen LogP contribution < -0.4 is 11.3 Å². The molecule has 3 N–H and O–H groups in total. The maximum atomic E-state index is 12.1. The van der Waals surface area contributed by atoms with Crippen LogP contribution in [-0.2, 0) is 9.84 Å². The molecular formula is C11H16N4O5S. The molecule has 21 heavy (non-hydrogen) atoms. The van der Waals surface area contributed by atoms with Crippen molar-refractivity contribution < 1.29 is 18.1 Å². The molecule has 0 heterocycles. The third kappa shape index (κ3) is 4.68. The van der Waals surface area contributed by atoms with E-state index in [9.17, 15) is 23.3 Å². The van der Waals surface area contributed by atoms with Crippen molar-refractivity contribution in [2.45, 2.75) is 0 Å². The van der Waals surface area contributed by atoms with E-state index < -0.39 is 20.7 Å². The van der Waals surface area contributed by atoms with Gasteiger partial charge in [-0.05, 0) is 12.1 Å². The molecule has 0 radical (unpaired) electrons. The first-order valence-electron chi connectivity index (χ1n) is 5.84. The molecule has 0 aromatic heterocycles. The fraction of sp³-hybridized carbons (Fsp3) is 0.364. The van der Waals surface area contributed by atoms with E-state index in [4.69, 9.17) is 5.84 Å². The Morgan fingerprint density at radius 2 is 2.10 bits per heavy atom. The van der Waals surface area contributed by atoms with Gasteiger partial charge in [-0.15, -0.1) is 0 Å². The van der Waals surface area contributed by atoms with E-state index in [-0.39, 0.29) is 29.2 Å². The second-order valence-corrected chi connectivity index (χ2v) is 6.75. The molecule has 0 atom stereocenters. The SMILES string of the molecule is CN(CCS(C)(=O)=O)C(=O)c1ccc([N+](=O)[O-])c(NN)c1. The summed E-state index contributed by atoms with van der Waals surface area (Å²) >= 11 is 0. The lowest BCUT2D eigenvalue weighted by atomic mass is 10.1. The number of anilines is 1. The average molecular weight is 316 g/mol. The van der Waals surface area contributed by atoms with E-state index in [0.717, 1.165) is 12.3 Å². The number of nitrogens with one attached hydrogen (secondary N) is 1. The molecule has 0 spiro atoms. The molecule has 9 nitrogen and oxygen atoms in total. The lowest BCUT2D eigenvalue weighted by Crippen LogP contribution is -2.31. The van der Waals surface area contributed by atoms with Crippen molar-refractivity contribution in [1.82, 2.24) is 4.90 Å². The number of nitrogens with two attached hydrogens (primary N) is 1. The van der Waals surface area contributed by atoms with Crippen LogP contribution in [0.3, 0.4) is 0 Å². The number of carbonyl (C=O) groups is 1. The summed E-state index contributed by atoms with van der Waals surface area (Å²) in [4.78, 5) is 23.5. The number of nitro benzene ring substituents is 1. The normalized spacial score (nSPS) is 11.0. The minimum Gasteiger partial charge on any atom is -0.341 e. The van der Waals surface area contributed by atoms with Gasteiger partial charge in [0.15, 0.2) is 0 Å². The molecule has 10 heteroatoms. The second-order valence-electron chi connectivity index (χ2n) is 4.49. The fourth-order valence-electron chi connectivity index (χ4n) is 1.57. The number of hydrogen-bond donors (Lipinski definition) is 2. The highest BCUT2D eigenvalue weighted by Gasteiger charge is 2.19. The summed E-state index contributed by atoms with van der Waals surface area (Å²) in [6.07, 6.45) is 1.08. The van der Waals surface area contributed by atoms with Gasteiger partial charge >= 0.3 is 0 Å². The first-order valence-corrected chi connectivity index (χ1v) is 7.90. The monoisotopic (exact) mass is 316 g/mol. The van der Waals surface area contributed by atoms with E-state index >= 15 is 0 Å². The number of nitrogen functional groups attached to an aromatic ring is 1. The van der Waals surface area contributed by atoms with Crippen LogP contribution in [0.4, 0.5) is 11.4 Å². The van der Waals surface area contributed by atoms with Gasteiger partial charge in [-0.2, -0.15) is 0 Å². The van der Waals surface area contributed by atoms with Gasteiger partial charge in [0.05, 0.1) is 10.7 Å². The fourth-order valence-corrected chi connectivity index (χ4v) is 2.17. The smallest absolute Gasteiger partial charge is 0.293 e. The molecule has 1 aromatic carbocycles. The summed E-state index contributed by atoms with van der Waals surface area (Å²) in [6.45, 7) is 0.0278. The molecule has 1 aromatic rings. The Balaban J connectivity index is 2.95. The van der Waals surface area contributed by atoms with Crippen LogP contribution in [0, 0.1) is 10.1 Å². The van der Waals surface area contributed by atoms with Crippen molar-refractivity contribution in [1.29, 1.82) is 0 Å². The Labute approximate surface area is 121 Å². The quantitative estimate of drug-likeness (QED) is 0.428. The summed E-state index contributed by atoms with van der Waals surface area (Å²) in [7, 11) is -1.73. The van der Waals surface area contributed by atoms with Crippen LogP contribution in [0.2, 0.25) is 0 Å². The van der Waals surface area contributed by atoms with Crippen LogP contribution in [0.1, 0.15) is 10.4 Å². The summed E-state index contributed by atoms with van der Waals surface area (Å²) in [6, 6.07) is 3.70. The van der Waals surface area contributed by atoms with Crippen molar-refractivity contribution in [3.63, 3.8) is 0 Å². The maximum absolute atomic E-state index is 12.1. The lowest BCUT2D eigenvalue weighted by Gasteiger charge is -2.17. The number of nitro groups is 1. The molecule has 0 saturated heterocycles. The maximum Gasteiger partial charge on any atom is 0.293 e. The Morgan fingerprint density at radius 3 is 2.57 bits per heavy atom. The number of sulfone groups is 1. The first kappa shape index (κ1) is 16.9. The number of hydrogen-bond acceptors (Lipinski definition) is 7. The van der Waals surface area contributed by atoms with Gasteiger partial charge in [-0.1, -0.05) is 0 Å². The van der Waals surface area contributed by atoms with E-state index in [1.165, 1.54) is 24.1 Å². The molecule has 116 valence electrons. The van der Waals surface area contributed by atoms with Crippen LogP contribution >= 0.6 is 0 Å². The van der Waals surface area contributed by atoms with Gasteiger partial charge in [-0.25, -0.2) is 8.42 Å². The number of benzene rings is 1. The first-order chi connectivity index (χ1) is 9.65. The Kier molecular flexibility index (Phi) is 5.22. The van der Waals surface area contributed by atoms with Crippen molar-refractivity contribution in [3.05, 3.63) is 33.9 Å². The molecular weight excluding hydrogens is 300 g/mol. The van der Waals surface area contributed by atoms with Crippen LogP contribution in [-0.4, -0.2) is 49.7 Å². The number of rotatable bonds is 6. The zero-order valence-corrected chi connectivity index (χ0v) is 12.4. The third-order valence-electron chi connectivity index (χ3n) is 2.74. The zero-order valence-electron chi connectivity index (χ0n) is 11.6. The van der Waals surface area contributed by atoms with Crippen molar-refractivity contribution in [3.8, 4) is 0 Å². The molecule has 0 aliphatic heterocycles. The number of hydrazine groups is 1. The highest BCUT2D eigenvalue weighted by molar-refractivity contribution is 7.90. The van der Waals surface area contributed by atoms with E-state index in [1.807, 2.05) is 0 Å². The zero-order chi connectivity index (χ0) is 16.2. The van der Waals surface area contributed by atoms with Gasteiger partial charge < -0.3 is 10.3 Å². The van der Waals surface area contributed by atoms with Gasteiger partial charge in [0.2, 0.25) is 0 Å². The minimum atomic E-state index is -3.18. The Bertz CT molecular complexity index is 659. The average Bonchev–Trinajstić information content (AvgIpc) is 2.42. The van der Waals surface area contributed by atoms with Crippen molar-refractivity contribution >= 4 is 27.1 Å². The van der Waals surface area contributed by atoms with Gasteiger partial charge in [-0.3, -0.25) is 20.8 Å². The summed E-state index contributed by atoms with van der Waals surface area (Å²) < 4.78 is 22.2. The van der Waals surface area contributed by atoms with Crippen LogP contribution in [0.5, 0.6) is 0 Å². The molecule has 1 rings (SSSR count). The van der Waals surface area contributed by atoms with Gasteiger partial charge in [0.1, 0.15) is 15.5 Å². The number of amides is 1. The van der Waals surface area contributed by atoms with Gasteiger partial charge in [0.25, 0.3) is 11.6 Å². The van der Waals surface area contributed by atoms with Crippen molar-refractivity contribution in [2.75, 3.05) is 31.0 Å². The topological polar surface area (TPSA) is 136 Å². The minimum absolute atomic E-state index is 0.00219. The van der Waals surface area contributed by atoms with Crippen molar-refractivity contribution in [2.24, 2.45) is 5.84 Å². The van der Waals surface area contributed by atoms with E-state index in [1.54, 1.807) is 0 Å². The summed E-state index contributed by atoms with van der Waals surface area (Å²) in [5, 5.41) is 10.8. The van der Waals surface area contributed by atoms with Crippen LogP contribution in [0.25, 0.3) is 0 Å². The summed E-state index contributed by atoms with van der Waals surface area (Å²) in [5.41, 5.74) is 2.08. The molecule has 1 amide bonds. The van der Waals surface area contributed by atoms with Gasteiger partial charge in [0, 0.05) is 31.5 Å². The second kappa shape index (κ2) is 6.50. The predicted molar refractivity (Wildman–Crippen MR) is 77.6 cm³/mol. The molecule has 0 bridgehead atoms. The largest absolute Gasteiger partial charge is 0.341 e. The van der Waals surface area contributed by atoms with Crippen LogP contribution in [0.15, 0.2) is 18.2 Å². The molecule has 0 aliphatic rings. The Hall–Kier alpha value is -2.20. The molecule has 0 fully saturated rings. The molecule has 0 unspecified atom stereocenters. The highest BCUT2D eigenvalue weighted by Crippen LogP contribution is 2.24. The molecule has 0 saturated carbocycles. The highest BCUT2D eigenvalue weighted by atomic mass is 32.2. The number of nitrogens with zero attached hydrogens (tertiary/aromatic N) is 2. The Morgan fingerprint density at radius 1 is 1.48 bits per heavy atom. The number of carbonyl (C=O) groups excluding carboxylic acids is 1.